The van der Waals surface area contributed by atoms with E-state index in [1.165, 1.54) is 16.2 Å². The summed E-state index contributed by atoms with van der Waals surface area (Å²) in [6.07, 6.45) is 2.24. The lowest BCUT2D eigenvalue weighted by Gasteiger charge is -2.39. The van der Waals surface area contributed by atoms with Crippen LogP contribution in [0.2, 0.25) is 0 Å². The number of ether oxygens (including phenoxy) is 1. The van der Waals surface area contributed by atoms with Crippen LogP contribution < -0.4 is 4.74 Å². The summed E-state index contributed by atoms with van der Waals surface area (Å²) in [5.41, 5.74) is 0. The van der Waals surface area contributed by atoms with Crippen molar-refractivity contribution in [1.82, 2.24) is 14.8 Å². The summed E-state index contributed by atoms with van der Waals surface area (Å²) in [7, 11) is 0. The van der Waals surface area contributed by atoms with E-state index in [0.717, 1.165) is 3.79 Å². The van der Waals surface area contributed by atoms with Crippen LogP contribution in [0.3, 0.4) is 0 Å². The zero-order valence-electron chi connectivity index (χ0n) is 13.2. The van der Waals surface area contributed by atoms with E-state index >= 15 is 0 Å². The zero-order chi connectivity index (χ0) is 17.8. The van der Waals surface area contributed by atoms with Gasteiger partial charge in [-0.3, -0.25) is 9.78 Å². The fraction of sp³-hybridized carbons (Fsp3) is 0.312. The molecule has 0 spiro atoms. The summed E-state index contributed by atoms with van der Waals surface area (Å²) in [4.78, 5) is 31.7. The fourth-order valence-electron chi connectivity index (χ4n) is 2.63. The lowest BCUT2D eigenvalue weighted by atomic mass is 10.1. The van der Waals surface area contributed by atoms with Gasteiger partial charge in [0.25, 0.3) is 5.91 Å². The minimum Gasteiger partial charge on any atom is -0.490 e. The second-order valence-corrected chi connectivity index (χ2v) is 7.95. The van der Waals surface area contributed by atoms with Gasteiger partial charge in [-0.15, -0.1) is 11.3 Å². The molecular formula is C16H16BrN3O4S. The van der Waals surface area contributed by atoms with E-state index in [1.807, 2.05) is 6.07 Å². The van der Waals surface area contributed by atoms with Crippen LogP contribution in [0, 0.1) is 0 Å². The van der Waals surface area contributed by atoms with Gasteiger partial charge in [-0.1, -0.05) is 0 Å². The molecule has 9 heteroatoms. The van der Waals surface area contributed by atoms with Crippen molar-refractivity contribution in [2.45, 2.75) is 6.04 Å². The molecule has 3 heterocycles. The molecule has 25 heavy (non-hydrogen) atoms. The summed E-state index contributed by atoms with van der Waals surface area (Å²) in [6.45, 7) is 1.04. The van der Waals surface area contributed by atoms with E-state index in [1.54, 1.807) is 35.5 Å². The molecule has 1 unspecified atom stereocenters. The highest BCUT2D eigenvalue weighted by Crippen LogP contribution is 2.25. The molecule has 132 valence electrons. The summed E-state index contributed by atoms with van der Waals surface area (Å²) < 4.78 is 6.59. The normalized spacial score (nSPS) is 17.4. The van der Waals surface area contributed by atoms with Crippen LogP contribution in [-0.4, -0.2) is 64.2 Å². The van der Waals surface area contributed by atoms with Crippen molar-refractivity contribution in [1.29, 1.82) is 0 Å². The van der Waals surface area contributed by atoms with Crippen molar-refractivity contribution >= 4 is 39.3 Å². The van der Waals surface area contributed by atoms with Gasteiger partial charge in [0.1, 0.15) is 12.4 Å². The first-order chi connectivity index (χ1) is 12.0. The number of pyridine rings is 1. The Kier molecular flexibility index (Phi) is 5.54. The molecular weight excluding hydrogens is 410 g/mol. The molecule has 0 saturated carbocycles. The smallest absolute Gasteiger partial charge is 0.407 e. The third-order valence-corrected chi connectivity index (χ3v) is 5.49. The maximum atomic E-state index is 12.8. The Morgan fingerprint density at radius 1 is 1.36 bits per heavy atom. The Labute approximate surface area is 157 Å². The van der Waals surface area contributed by atoms with Crippen molar-refractivity contribution in [2.75, 3.05) is 26.2 Å². The first-order valence-electron chi connectivity index (χ1n) is 7.61. The first-order valence-corrected chi connectivity index (χ1v) is 9.22. The van der Waals surface area contributed by atoms with Gasteiger partial charge in [0.15, 0.2) is 0 Å². The number of amides is 2. The minimum atomic E-state index is -0.989. The van der Waals surface area contributed by atoms with Gasteiger partial charge in [0.2, 0.25) is 0 Å². The third kappa shape index (κ3) is 4.29. The molecule has 1 atom stereocenters. The predicted octanol–water partition coefficient (Wildman–Crippen LogP) is 2.79. The van der Waals surface area contributed by atoms with Crippen LogP contribution in [0.25, 0.3) is 0 Å². The van der Waals surface area contributed by atoms with Gasteiger partial charge < -0.3 is 19.6 Å². The molecule has 2 aromatic rings. The molecule has 1 N–H and O–H groups in total. The summed E-state index contributed by atoms with van der Waals surface area (Å²) in [5.74, 6) is 0.474. The Hall–Kier alpha value is -2.13. The summed E-state index contributed by atoms with van der Waals surface area (Å²) >= 11 is 4.72. The van der Waals surface area contributed by atoms with E-state index in [-0.39, 0.29) is 31.6 Å². The molecule has 0 radical (unpaired) electrons. The number of rotatable bonds is 4. The van der Waals surface area contributed by atoms with Crippen molar-refractivity contribution < 1.29 is 19.4 Å². The summed E-state index contributed by atoms with van der Waals surface area (Å²) in [6, 6.07) is 6.75. The summed E-state index contributed by atoms with van der Waals surface area (Å²) in [5, 5.41) is 9.25. The average molecular weight is 426 g/mol. The van der Waals surface area contributed by atoms with Gasteiger partial charge in [-0.05, 0) is 40.2 Å². The van der Waals surface area contributed by atoms with E-state index in [0.29, 0.717) is 17.2 Å². The highest BCUT2D eigenvalue weighted by atomic mass is 79.9. The van der Waals surface area contributed by atoms with E-state index in [4.69, 9.17) is 4.74 Å². The number of carboxylic acid groups (broad SMARTS) is 1. The van der Waals surface area contributed by atoms with Gasteiger partial charge >= 0.3 is 6.09 Å². The molecule has 1 aliphatic heterocycles. The monoisotopic (exact) mass is 425 g/mol. The Morgan fingerprint density at radius 3 is 2.84 bits per heavy atom. The molecule has 1 aliphatic rings. The Morgan fingerprint density at radius 2 is 2.20 bits per heavy atom. The average Bonchev–Trinajstić information content (AvgIpc) is 3.06. The van der Waals surface area contributed by atoms with E-state index in [9.17, 15) is 14.7 Å². The van der Waals surface area contributed by atoms with E-state index < -0.39 is 6.09 Å². The van der Waals surface area contributed by atoms with Crippen molar-refractivity contribution in [3.63, 3.8) is 0 Å². The topological polar surface area (TPSA) is 83.0 Å². The number of carbonyl (C=O) groups is 2. The number of hydrogen-bond acceptors (Lipinski definition) is 5. The van der Waals surface area contributed by atoms with Crippen molar-refractivity contribution in [3.8, 4) is 5.75 Å². The predicted molar refractivity (Wildman–Crippen MR) is 96.2 cm³/mol. The maximum Gasteiger partial charge on any atom is 0.407 e. The van der Waals surface area contributed by atoms with Crippen LogP contribution in [0.15, 0.2) is 40.4 Å². The molecule has 0 aromatic carbocycles. The highest BCUT2D eigenvalue weighted by Gasteiger charge is 2.34. The van der Waals surface area contributed by atoms with Crippen LogP contribution in [-0.2, 0) is 0 Å². The minimum absolute atomic E-state index is 0.111. The van der Waals surface area contributed by atoms with Crippen LogP contribution >= 0.6 is 27.3 Å². The number of carbonyl (C=O) groups excluding carboxylic acids is 1. The standard InChI is InChI=1S/C16H16BrN3O4S/c17-14-4-3-13(25-14)15(21)20-7-6-19(16(22)23)9-11(20)10-24-12-2-1-5-18-8-12/h1-5,8,11H,6-7,9-10H2,(H,22,23). The molecule has 2 amide bonds. The molecule has 0 aliphatic carbocycles. The zero-order valence-corrected chi connectivity index (χ0v) is 15.6. The number of hydrogen-bond donors (Lipinski definition) is 1. The number of thiophene rings is 1. The van der Waals surface area contributed by atoms with Crippen molar-refractivity contribution in [2.24, 2.45) is 0 Å². The molecule has 3 rings (SSSR count). The number of nitrogens with zero attached hydrogens (tertiary/aromatic N) is 3. The second kappa shape index (κ2) is 7.83. The van der Waals surface area contributed by atoms with Crippen LogP contribution in [0.4, 0.5) is 4.79 Å². The lowest BCUT2D eigenvalue weighted by Crippen LogP contribution is -2.58. The molecule has 2 aromatic heterocycles. The largest absolute Gasteiger partial charge is 0.490 e. The molecule has 1 saturated heterocycles. The number of halogens is 1. The number of piperazine rings is 1. The number of aromatic nitrogens is 1. The van der Waals surface area contributed by atoms with Crippen LogP contribution in [0.5, 0.6) is 5.75 Å². The molecule has 7 nitrogen and oxygen atoms in total. The second-order valence-electron chi connectivity index (χ2n) is 5.48. The molecule has 0 bridgehead atoms. The van der Waals surface area contributed by atoms with Gasteiger partial charge in [0, 0.05) is 25.8 Å². The first kappa shape index (κ1) is 17.7. The Balaban J connectivity index is 1.74. The van der Waals surface area contributed by atoms with Gasteiger partial charge in [0.05, 0.1) is 20.9 Å². The maximum absolute atomic E-state index is 12.8. The fourth-order valence-corrected chi connectivity index (χ4v) is 3.98. The van der Waals surface area contributed by atoms with Gasteiger partial charge in [-0.25, -0.2) is 4.79 Å². The van der Waals surface area contributed by atoms with Crippen molar-refractivity contribution in [3.05, 3.63) is 45.3 Å². The SMILES string of the molecule is O=C(O)N1CCN(C(=O)c2ccc(Br)s2)C(COc2cccnc2)C1. The van der Waals surface area contributed by atoms with Crippen LogP contribution in [0.1, 0.15) is 9.67 Å². The third-order valence-electron chi connectivity index (χ3n) is 3.87. The lowest BCUT2D eigenvalue weighted by molar-refractivity contribution is 0.0344. The van der Waals surface area contributed by atoms with Gasteiger partial charge in [-0.2, -0.15) is 0 Å². The quantitative estimate of drug-likeness (QED) is 0.813. The molecule has 1 fully saturated rings. The highest BCUT2D eigenvalue weighted by molar-refractivity contribution is 9.11. The Bertz CT molecular complexity index is 755. The van der Waals surface area contributed by atoms with E-state index in [2.05, 4.69) is 20.9 Å².